The molecule has 0 aliphatic heterocycles. The molecule has 2 amide bonds. The fraction of sp³-hybridized carbons (Fsp3) is 0.167. The van der Waals surface area contributed by atoms with Gasteiger partial charge in [0, 0.05) is 25.8 Å². The highest BCUT2D eigenvalue weighted by Gasteiger charge is 2.13. The number of amides is 2. The monoisotopic (exact) mass is 675 g/mol. The molecule has 2 N–H and O–H groups in total. The van der Waals surface area contributed by atoms with E-state index in [2.05, 4.69) is 54.4 Å². The van der Waals surface area contributed by atoms with Crippen molar-refractivity contribution in [3.8, 4) is 11.5 Å². The normalized spacial score (nSPS) is 10.9. The molecule has 3 aromatic carbocycles. The average Bonchev–Trinajstić information content (AvgIpc) is 2.77. The summed E-state index contributed by atoms with van der Waals surface area (Å²) in [5, 5.41) is 7.88. The molecule has 0 saturated carbocycles. The van der Waals surface area contributed by atoms with Crippen molar-refractivity contribution in [1.29, 1.82) is 0 Å². The van der Waals surface area contributed by atoms with E-state index in [4.69, 9.17) is 32.7 Å². The summed E-state index contributed by atoms with van der Waals surface area (Å²) in [4.78, 5) is 12.1. The first kappa shape index (κ1) is 26.6. The van der Waals surface area contributed by atoms with Gasteiger partial charge in [-0.1, -0.05) is 45.2 Å². The molecule has 3 rings (SSSR count). The van der Waals surface area contributed by atoms with E-state index in [0.29, 0.717) is 33.8 Å². The molecule has 0 aromatic heterocycles. The van der Waals surface area contributed by atoms with Crippen LogP contribution in [0.1, 0.15) is 23.6 Å². The van der Waals surface area contributed by atoms with Gasteiger partial charge in [-0.2, -0.15) is 5.10 Å². The van der Waals surface area contributed by atoms with Gasteiger partial charge in [-0.3, -0.25) is 0 Å². The number of halogens is 4. The summed E-state index contributed by atoms with van der Waals surface area (Å²) in [7, 11) is 0. The first-order valence-electron chi connectivity index (χ1n) is 10.2. The standard InChI is InChI=1S/C24H21BrCl2IN3O3/c1-3-33-22-10-15(12-29-31-24(32)30-18-6-7-19(25)14(2)8-18)9-21(28)23(22)34-13-16-4-5-17(26)11-20(16)27/h4-12H,3,13H2,1-2H3,(H2,30,31,32)/b29-12+. The van der Waals surface area contributed by atoms with Gasteiger partial charge in [0.25, 0.3) is 0 Å². The number of hydrogen-bond donors (Lipinski definition) is 2. The summed E-state index contributed by atoms with van der Waals surface area (Å²) in [5.74, 6) is 1.16. The molecule has 0 saturated heterocycles. The molecule has 0 fully saturated rings. The van der Waals surface area contributed by atoms with Crippen LogP contribution in [0.4, 0.5) is 10.5 Å². The highest BCUT2D eigenvalue weighted by atomic mass is 127. The molecule has 10 heteroatoms. The summed E-state index contributed by atoms with van der Waals surface area (Å²) in [6.07, 6.45) is 1.54. The van der Waals surface area contributed by atoms with Crippen molar-refractivity contribution in [2.24, 2.45) is 5.10 Å². The zero-order valence-corrected chi connectivity index (χ0v) is 23.5. The first-order valence-corrected chi connectivity index (χ1v) is 12.8. The molecule has 34 heavy (non-hydrogen) atoms. The van der Waals surface area contributed by atoms with Crippen LogP contribution in [0.3, 0.4) is 0 Å². The van der Waals surface area contributed by atoms with Gasteiger partial charge in [-0.15, -0.1) is 0 Å². The van der Waals surface area contributed by atoms with Crippen LogP contribution in [0, 0.1) is 10.5 Å². The van der Waals surface area contributed by atoms with Crippen molar-refractivity contribution in [3.63, 3.8) is 0 Å². The van der Waals surface area contributed by atoms with Crippen molar-refractivity contribution in [1.82, 2.24) is 5.43 Å². The zero-order valence-electron chi connectivity index (χ0n) is 18.3. The molecule has 0 bridgehead atoms. The Morgan fingerprint density at radius 3 is 2.65 bits per heavy atom. The predicted octanol–water partition coefficient (Wildman–Crippen LogP) is 7.80. The van der Waals surface area contributed by atoms with Gasteiger partial charge >= 0.3 is 6.03 Å². The lowest BCUT2D eigenvalue weighted by Gasteiger charge is -2.15. The molecular weight excluding hydrogens is 656 g/mol. The van der Waals surface area contributed by atoms with Crippen LogP contribution in [0.2, 0.25) is 10.0 Å². The van der Waals surface area contributed by atoms with E-state index in [9.17, 15) is 4.79 Å². The van der Waals surface area contributed by atoms with E-state index in [1.54, 1.807) is 24.3 Å². The molecule has 3 aromatic rings. The van der Waals surface area contributed by atoms with Gasteiger partial charge in [0.1, 0.15) is 6.61 Å². The third kappa shape index (κ3) is 7.49. The fourth-order valence-electron chi connectivity index (χ4n) is 2.90. The minimum absolute atomic E-state index is 0.261. The fourth-order valence-corrected chi connectivity index (χ4v) is 4.39. The Bertz CT molecular complexity index is 1220. The quantitative estimate of drug-likeness (QED) is 0.145. The summed E-state index contributed by atoms with van der Waals surface area (Å²) < 4.78 is 13.6. The van der Waals surface area contributed by atoms with Crippen LogP contribution >= 0.6 is 61.7 Å². The van der Waals surface area contributed by atoms with Gasteiger partial charge in [0.05, 0.1) is 16.4 Å². The Morgan fingerprint density at radius 1 is 1.15 bits per heavy atom. The number of anilines is 1. The number of hydrogen-bond acceptors (Lipinski definition) is 4. The van der Waals surface area contributed by atoms with Crippen molar-refractivity contribution in [2.45, 2.75) is 20.5 Å². The maximum absolute atomic E-state index is 12.1. The molecule has 0 spiro atoms. The van der Waals surface area contributed by atoms with Gasteiger partial charge in [0.15, 0.2) is 11.5 Å². The molecular formula is C24H21BrCl2IN3O3. The molecule has 0 unspecified atom stereocenters. The topological polar surface area (TPSA) is 72.0 Å². The minimum Gasteiger partial charge on any atom is -0.490 e. The lowest BCUT2D eigenvalue weighted by molar-refractivity contribution is 0.252. The number of hydrazone groups is 1. The number of aryl methyl sites for hydroxylation is 1. The van der Waals surface area contributed by atoms with E-state index in [0.717, 1.165) is 24.7 Å². The number of ether oxygens (including phenoxy) is 2. The summed E-state index contributed by atoms with van der Waals surface area (Å²) in [6.45, 7) is 4.56. The largest absolute Gasteiger partial charge is 0.490 e. The molecule has 0 atom stereocenters. The third-order valence-corrected chi connectivity index (χ3v) is 6.79. The van der Waals surface area contributed by atoms with Gasteiger partial charge < -0.3 is 14.8 Å². The summed E-state index contributed by atoms with van der Waals surface area (Å²) in [6, 6.07) is 14.0. The van der Waals surface area contributed by atoms with Crippen LogP contribution in [0.5, 0.6) is 11.5 Å². The zero-order chi connectivity index (χ0) is 24.7. The van der Waals surface area contributed by atoms with E-state index in [-0.39, 0.29) is 6.61 Å². The maximum atomic E-state index is 12.1. The van der Waals surface area contributed by atoms with Crippen LogP contribution in [-0.2, 0) is 6.61 Å². The Labute approximate surface area is 230 Å². The Balaban J connectivity index is 1.68. The van der Waals surface area contributed by atoms with E-state index in [1.807, 2.05) is 38.1 Å². The number of rotatable bonds is 8. The highest BCUT2D eigenvalue weighted by Crippen LogP contribution is 2.35. The van der Waals surface area contributed by atoms with Crippen molar-refractivity contribution < 1.29 is 14.3 Å². The average molecular weight is 677 g/mol. The van der Waals surface area contributed by atoms with Crippen molar-refractivity contribution >= 4 is 79.7 Å². The minimum atomic E-state index is -0.447. The van der Waals surface area contributed by atoms with Gasteiger partial charge in [-0.05, 0) is 90.0 Å². The van der Waals surface area contributed by atoms with Crippen LogP contribution in [0.15, 0.2) is 58.1 Å². The number of benzene rings is 3. The summed E-state index contributed by atoms with van der Waals surface area (Å²) in [5.41, 5.74) is 5.70. The van der Waals surface area contributed by atoms with Crippen LogP contribution in [-0.4, -0.2) is 18.9 Å². The number of carbonyl (C=O) groups excluding carboxylic acids is 1. The number of nitrogens with zero attached hydrogens (tertiary/aromatic N) is 1. The van der Waals surface area contributed by atoms with E-state index >= 15 is 0 Å². The number of carbonyl (C=O) groups is 1. The second-order valence-corrected chi connectivity index (χ2v) is 9.94. The van der Waals surface area contributed by atoms with Gasteiger partial charge in [-0.25, -0.2) is 10.2 Å². The van der Waals surface area contributed by atoms with Crippen LogP contribution in [0.25, 0.3) is 0 Å². The SMILES string of the molecule is CCOc1cc(/C=N/NC(=O)Nc2ccc(Br)c(C)c2)cc(I)c1OCc1ccc(Cl)cc1Cl. The van der Waals surface area contributed by atoms with Crippen molar-refractivity contribution in [2.75, 3.05) is 11.9 Å². The number of urea groups is 1. The lowest BCUT2D eigenvalue weighted by atomic mass is 10.2. The first-order chi connectivity index (χ1) is 16.3. The lowest BCUT2D eigenvalue weighted by Crippen LogP contribution is -2.24. The maximum Gasteiger partial charge on any atom is 0.339 e. The van der Waals surface area contributed by atoms with Crippen molar-refractivity contribution in [3.05, 3.63) is 83.3 Å². The highest BCUT2D eigenvalue weighted by molar-refractivity contribution is 14.1. The second-order valence-electron chi connectivity index (χ2n) is 7.08. The van der Waals surface area contributed by atoms with E-state index in [1.165, 1.54) is 6.21 Å². The smallest absolute Gasteiger partial charge is 0.339 e. The molecule has 0 aliphatic rings. The van der Waals surface area contributed by atoms with E-state index < -0.39 is 6.03 Å². The molecule has 0 aliphatic carbocycles. The molecule has 0 heterocycles. The van der Waals surface area contributed by atoms with Crippen LogP contribution < -0.4 is 20.2 Å². The molecule has 6 nitrogen and oxygen atoms in total. The predicted molar refractivity (Wildman–Crippen MR) is 150 cm³/mol. The molecule has 0 radical (unpaired) electrons. The summed E-state index contributed by atoms with van der Waals surface area (Å²) >= 11 is 17.8. The molecule has 178 valence electrons. The van der Waals surface area contributed by atoms with Gasteiger partial charge in [0.2, 0.25) is 0 Å². The second kappa shape index (κ2) is 12.6. The third-order valence-electron chi connectivity index (χ3n) is 4.51. The number of nitrogens with one attached hydrogen (secondary N) is 2. The Kier molecular flexibility index (Phi) is 9.87. The Morgan fingerprint density at radius 2 is 1.94 bits per heavy atom. The Hall–Kier alpha value is -2.01.